The Kier molecular flexibility index (Phi) is 5.50. The fourth-order valence-electron chi connectivity index (χ4n) is 2.63. The van der Waals surface area contributed by atoms with Gasteiger partial charge < -0.3 is 14.7 Å². The first-order valence-corrected chi connectivity index (χ1v) is 8.51. The molecule has 2 unspecified atom stereocenters. The van der Waals surface area contributed by atoms with E-state index < -0.39 is 5.60 Å². The lowest BCUT2D eigenvalue weighted by Gasteiger charge is -2.36. The van der Waals surface area contributed by atoms with Crippen LogP contribution in [0, 0.1) is 0 Å². The molecule has 1 N–H and O–H groups in total. The second kappa shape index (κ2) is 7.01. The van der Waals surface area contributed by atoms with E-state index in [1.54, 1.807) is 18.7 Å². The summed E-state index contributed by atoms with van der Waals surface area (Å²) in [7, 11) is 0. The number of hydrogen-bond acceptors (Lipinski definition) is 3. The Morgan fingerprint density at radius 1 is 1.41 bits per heavy atom. The number of hydrogen-bond donors (Lipinski definition) is 1. The SMILES string of the molecule is CC(c1ccc(Br)cc1)N1CCC(CCC(C)(C)O)OC1=O. The summed E-state index contributed by atoms with van der Waals surface area (Å²) in [4.78, 5) is 14.0. The number of carbonyl (C=O) groups excluding carboxylic acids is 1. The molecule has 2 rings (SSSR count). The van der Waals surface area contributed by atoms with Crippen molar-refractivity contribution in [3.8, 4) is 0 Å². The summed E-state index contributed by atoms with van der Waals surface area (Å²) >= 11 is 3.42. The van der Waals surface area contributed by atoms with Crippen molar-refractivity contribution in [3.05, 3.63) is 34.3 Å². The molecule has 5 heteroatoms. The van der Waals surface area contributed by atoms with Crippen molar-refractivity contribution in [2.75, 3.05) is 6.54 Å². The maximum Gasteiger partial charge on any atom is 0.410 e. The molecule has 2 atom stereocenters. The van der Waals surface area contributed by atoms with E-state index >= 15 is 0 Å². The average Bonchev–Trinajstić information content (AvgIpc) is 2.44. The van der Waals surface area contributed by atoms with Crippen LogP contribution < -0.4 is 0 Å². The Hall–Kier alpha value is -1.07. The predicted octanol–water partition coefficient (Wildman–Crippen LogP) is 4.27. The van der Waals surface area contributed by atoms with Crippen LogP contribution in [0.1, 0.15) is 51.6 Å². The smallest absolute Gasteiger partial charge is 0.410 e. The lowest BCUT2D eigenvalue weighted by Crippen LogP contribution is -2.43. The Labute approximate surface area is 140 Å². The van der Waals surface area contributed by atoms with E-state index in [0.29, 0.717) is 19.4 Å². The minimum absolute atomic E-state index is 0.00386. The Morgan fingerprint density at radius 2 is 2.05 bits per heavy atom. The molecule has 1 aromatic rings. The normalized spacial score (nSPS) is 20.7. The molecule has 1 saturated heterocycles. The van der Waals surface area contributed by atoms with Gasteiger partial charge in [-0.1, -0.05) is 28.1 Å². The van der Waals surface area contributed by atoms with Crippen molar-refractivity contribution >= 4 is 22.0 Å². The third-order valence-corrected chi connectivity index (χ3v) is 4.62. The van der Waals surface area contributed by atoms with Gasteiger partial charge in [-0.2, -0.15) is 0 Å². The van der Waals surface area contributed by atoms with Gasteiger partial charge in [0, 0.05) is 17.4 Å². The summed E-state index contributed by atoms with van der Waals surface area (Å²) in [6.45, 7) is 6.26. The van der Waals surface area contributed by atoms with Crippen LogP contribution in [0.5, 0.6) is 0 Å². The molecular weight excluding hydrogens is 346 g/mol. The molecule has 1 aliphatic rings. The van der Waals surface area contributed by atoms with Crippen LogP contribution >= 0.6 is 15.9 Å². The standard InChI is InChI=1S/C17H24BrNO3/c1-12(13-4-6-14(18)7-5-13)19-11-9-15(22-16(19)20)8-10-17(2,3)21/h4-7,12,15,21H,8-11H2,1-3H3. The number of halogens is 1. The zero-order valence-electron chi connectivity index (χ0n) is 13.4. The molecule has 122 valence electrons. The van der Waals surface area contributed by atoms with Gasteiger partial charge >= 0.3 is 6.09 Å². The van der Waals surface area contributed by atoms with E-state index in [1.165, 1.54) is 0 Å². The average molecular weight is 370 g/mol. The van der Waals surface area contributed by atoms with Gasteiger partial charge in [0.15, 0.2) is 0 Å². The first-order valence-electron chi connectivity index (χ1n) is 7.71. The number of aliphatic hydroxyl groups is 1. The molecular formula is C17H24BrNO3. The van der Waals surface area contributed by atoms with E-state index in [0.717, 1.165) is 16.5 Å². The molecule has 0 spiro atoms. The van der Waals surface area contributed by atoms with Crippen LogP contribution in [-0.2, 0) is 4.74 Å². The molecule has 1 fully saturated rings. The highest BCUT2D eigenvalue weighted by molar-refractivity contribution is 9.10. The topological polar surface area (TPSA) is 49.8 Å². The van der Waals surface area contributed by atoms with E-state index in [1.807, 2.05) is 31.2 Å². The molecule has 1 aromatic carbocycles. The van der Waals surface area contributed by atoms with Crippen molar-refractivity contribution in [1.29, 1.82) is 0 Å². The van der Waals surface area contributed by atoms with Crippen LogP contribution in [0.15, 0.2) is 28.7 Å². The predicted molar refractivity (Wildman–Crippen MR) is 89.7 cm³/mol. The van der Waals surface area contributed by atoms with Gasteiger partial charge in [-0.05, 0) is 51.3 Å². The van der Waals surface area contributed by atoms with Crippen LogP contribution in [-0.4, -0.2) is 34.3 Å². The van der Waals surface area contributed by atoms with Crippen LogP contribution in [0.3, 0.4) is 0 Å². The van der Waals surface area contributed by atoms with E-state index in [-0.39, 0.29) is 18.2 Å². The van der Waals surface area contributed by atoms with Gasteiger partial charge in [0.1, 0.15) is 6.10 Å². The minimum Gasteiger partial charge on any atom is -0.446 e. The maximum atomic E-state index is 12.2. The number of benzene rings is 1. The highest BCUT2D eigenvalue weighted by Crippen LogP contribution is 2.28. The molecule has 1 aliphatic heterocycles. The van der Waals surface area contributed by atoms with Crippen molar-refractivity contribution in [2.24, 2.45) is 0 Å². The zero-order chi connectivity index (χ0) is 16.3. The Bertz CT molecular complexity index is 510. The fraction of sp³-hybridized carbons (Fsp3) is 0.588. The summed E-state index contributed by atoms with van der Waals surface area (Å²) in [5.74, 6) is 0. The highest BCUT2D eigenvalue weighted by Gasteiger charge is 2.31. The molecule has 1 amide bonds. The minimum atomic E-state index is -0.714. The van der Waals surface area contributed by atoms with Crippen molar-refractivity contribution in [3.63, 3.8) is 0 Å². The largest absolute Gasteiger partial charge is 0.446 e. The van der Waals surface area contributed by atoms with Crippen LogP contribution in [0.4, 0.5) is 4.79 Å². The molecule has 0 radical (unpaired) electrons. The lowest BCUT2D eigenvalue weighted by molar-refractivity contribution is -0.00600. The quantitative estimate of drug-likeness (QED) is 0.842. The molecule has 0 saturated carbocycles. The second-order valence-corrected chi connectivity index (χ2v) is 7.48. The zero-order valence-corrected chi connectivity index (χ0v) is 15.0. The number of cyclic esters (lactones) is 1. The monoisotopic (exact) mass is 369 g/mol. The second-order valence-electron chi connectivity index (χ2n) is 6.57. The summed E-state index contributed by atoms with van der Waals surface area (Å²) in [6, 6.07) is 7.99. The molecule has 4 nitrogen and oxygen atoms in total. The third kappa shape index (κ3) is 4.71. The van der Waals surface area contributed by atoms with Gasteiger partial charge in [0.2, 0.25) is 0 Å². The molecule has 22 heavy (non-hydrogen) atoms. The van der Waals surface area contributed by atoms with Crippen LogP contribution in [0.2, 0.25) is 0 Å². The molecule has 0 aliphatic carbocycles. The number of nitrogens with zero attached hydrogens (tertiary/aromatic N) is 1. The molecule has 0 aromatic heterocycles. The van der Waals surface area contributed by atoms with E-state index in [2.05, 4.69) is 15.9 Å². The highest BCUT2D eigenvalue weighted by atomic mass is 79.9. The van der Waals surface area contributed by atoms with Crippen molar-refractivity contribution in [2.45, 2.75) is 57.8 Å². The summed E-state index contributed by atoms with van der Waals surface area (Å²) in [6.07, 6.45) is 1.79. The lowest BCUT2D eigenvalue weighted by atomic mass is 9.98. The first-order chi connectivity index (χ1) is 10.3. The van der Waals surface area contributed by atoms with Gasteiger partial charge in [-0.25, -0.2) is 4.79 Å². The van der Waals surface area contributed by atoms with Gasteiger partial charge in [-0.15, -0.1) is 0 Å². The van der Waals surface area contributed by atoms with Crippen molar-refractivity contribution in [1.82, 2.24) is 4.90 Å². The van der Waals surface area contributed by atoms with Gasteiger partial charge in [0.05, 0.1) is 11.6 Å². The third-order valence-electron chi connectivity index (χ3n) is 4.09. The fourth-order valence-corrected chi connectivity index (χ4v) is 2.90. The summed E-state index contributed by atoms with van der Waals surface area (Å²) in [5.41, 5.74) is 0.379. The van der Waals surface area contributed by atoms with Gasteiger partial charge in [-0.3, -0.25) is 0 Å². The van der Waals surface area contributed by atoms with Gasteiger partial charge in [0.25, 0.3) is 0 Å². The Balaban J connectivity index is 1.93. The Morgan fingerprint density at radius 3 is 2.59 bits per heavy atom. The molecule has 0 bridgehead atoms. The summed E-state index contributed by atoms with van der Waals surface area (Å²) < 4.78 is 6.55. The number of carbonyl (C=O) groups is 1. The number of rotatable bonds is 5. The number of amides is 1. The summed E-state index contributed by atoms with van der Waals surface area (Å²) in [5, 5.41) is 9.77. The first kappa shape index (κ1) is 17.3. The van der Waals surface area contributed by atoms with Crippen LogP contribution in [0.25, 0.3) is 0 Å². The van der Waals surface area contributed by atoms with E-state index in [4.69, 9.17) is 4.74 Å². The van der Waals surface area contributed by atoms with Crippen molar-refractivity contribution < 1.29 is 14.6 Å². The molecule has 1 heterocycles. The number of ether oxygens (including phenoxy) is 1. The maximum absolute atomic E-state index is 12.2. The van der Waals surface area contributed by atoms with E-state index in [9.17, 15) is 9.90 Å².